The van der Waals surface area contributed by atoms with Crippen molar-refractivity contribution < 1.29 is 28.0 Å². The summed E-state index contributed by atoms with van der Waals surface area (Å²) in [5.74, 6) is 0. The Kier molecular flexibility index (Phi) is 11.2. The van der Waals surface area contributed by atoms with E-state index in [2.05, 4.69) is 0 Å². The molecule has 1 heterocycles. The second kappa shape index (κ2) is 13.2. The van der Waals surface area contributed by atoms with Crippen molar-refractivity contribution in [1.82, 2.24) is 0 Å². The van der Waals surface area contributed by atoms with Crippen molar-refractivity contribution in [3.63, 3.8) is 0 Å². The topological polar surface area (TPSA) is 55.4 Å². The zero-order valence-electron chi connectivity index (χ0n) is 14.2. The molecule has 0 unspecified atom stereocenters. The monoisotopic (exact) mass is 408 g/mol. The summed E-state index contributed by atoms with van der Waals surface area (Å²) in [6, 6.07) is 9.89. The number of benzene rings is 1. The first kappa shape index (κ1) is 21.3. The maximum atomic E-state index is 5.88. The first-order chi connectivity index (χ1) is 12.3. The van der Waals surface area contributed by atoms with Crippen molar-refractivity contribution in [2.45, 2.75) is 4.90 Å². The summed E-state index contributed by atoms with van der Waals surface area (Å²) in [6.07, 6.45) is 0. The molecule has 0 aliphatic carbocycles. The summed E-state index contributed by atoms with van der Waals surface area (Å²) in [5.41, 5.74) is -2.51. The lowest BCUT2D eigenvalue weighted by Gasteiger charge is -2.21. The molecule has 1 fully saturated rings. The minimum atomic E-state index is -2.51. The van der Waals surface area contributed by atoms with Crippen LogP contribution in [0.1, 0.15) is 0 Å². The van der Waals surface area contributed by atoms with Crippen LogP contribution in [0.4, 0.5) is 0 Å². The van der Waals surface area contributed by atoms with Crippen LogP contribution >= 0.6 is 17.1 Å². The third kappa shape index (κ3) is 10.0. The van der Waals surface area contributed by atoms with Gasteiger partial charge in [-0.25, -0.2) is 0 Å². The average molecular weight is 408 g/mol. The zero-order chi connectivity index (χ0) is 17.6. The van der Waals surface area contributed by atoms with Crippen molar-refractivity contribution >= 4 is 28.9 Å². The van der Waals surface area contributed by atoms with Gasteiger partial charge in [-0.05, 0) is 35.3 Å². The fraction of sp³-hybridized carbons (Fsp3) is 0.625. The van der Waals surface area contributed by atoms with Crippen molar-refractivity contribution in [1.29, 1.82) is 0 Å². The lowest BCUT2D eigenvalue weighted by molar-refractivity contribution is -0.00426. The third-order valence-electron chi connectivity index (χ3n) is 3.03. The highest BCUT2D eigenvalue weighted by Gasteiger charge is 2.21. The Morgan fingerprint density at radius 3 is 1.48 bits per heavy atom. The molecule has 0 amide bonds. The van der Waals surface area contributed by atoms with E-state index in [1.54, 1.807) is 0 Å². The SMILES string of the molecule is S=P1(Sc2ccccc2)OCCOCCOCCOCCOCCO1. The summed E-state index contributed by atoms with van der Waals surface area (Å²) < 4.78 is 33.6. The summed E-state index contributed by atoms with van der Waals surface area (Å²) in [7, 11) is 0. The van der Waals surface area contributed by atoms with Crippen molar-refractivity contribution in [3.8, 4) is 0 Å². The lowest BCUT2D eigenvalue weighted by atomic mass is 10.4. The molecule has 0 bridgehead atoms. The van der Waals surface area contributed by atoms with Crippen LogP contribution in [0, 0.1) is 0 Å². The molecule has 0 radical (unpaired) electrons. The molecule has 1 aliphatic heterocycles. The molecule has 9 heteroatoms. The van der Waals surface area contributed by atoms with E-state index in [9.17, 15) is 0 Å². The van der Waals surface area contributed by atoms with Gasteiger partial charge in [0.2, 0.25) is 0 Å². The van der Waals surface area contributed by atoms with E-state index in [1.807, 2.05) is 30.3 Å². The maximum absolute atomic E-state index is 5.88. The van der Waals surface area contributed by atoms with Gasteiger partial charge in [-0.3, -0.25) is 0 Å². The Bertz CT molecular complexity index is 483. The van der Waals surface area contributed by atoms with Gasteiger partial charge in [-0.15, -0.1) is 0 Å². The second-order valence-electron chi connectivity index (χ2n) is 4.97. The van der Waals surface area contributed by atoms with E-state index in [-0.39, 0.29) is 0 Å². The zero-order valence-corrected chi connectivity index (χ0v) is 16.7. The van der Waals surface area contributed by atoms with Gasteiger partial charge in [-0.2, -0.15) is 0 Å². The van der Waals surface area contributed by atoms with Crippen LogP contribution in [0.15, 0.2) is 35.2 Å². The predicted molar refractivity (Wildman–Crippen MR) is 102 cm³/mol. The molecule has 1 saturated heterocycles. The van der Waals surface area contributed by atoms with Gasteiger partial charge in [0.25, 0.3) is 5.69 Å². The van der Waals surface area contributed by atoms with Gasteiger partial charge in [0.15, 0.2) is 0 Å². The largest absolute Gasteiger partial charge is 0.377 e. The van der Waals surface area contributed by atoms with E-state index in [0.29, 0.717) is 66.1 Å². The smallest absolute Gasteiger partial charge is 0.252 e. The average Bonchev–Trinajstić information content (AvgIpc) is 2.62. The molecule has 0 atom stereocenters. The van der Waals surface area contributed by atoms with Crippen molar-refractivity contribution in [2.75, 3.05) is 66.1 Å². The molecule has 1 aromatic rings. The minimum Gasteiger partial charge on any atom is -0.377 e. The summed E-state index contributed by atoms with van der Waals surface area (Å²) in [4.78, 5) is 1.03. The van der Waals surface area contributed by atoms with Crippen LogP contribution in [-0.2, 0) is 39.8 Å². The third-order valence-corrected chi connectivity index (χ3v) is 7.97. The van der Waals surface area contributed by atoms with Crippen LogP contribution in [0.3, 0.4) is 0 Å². The molecule has 1 aliphatic rings. The van der Waals surface area contributed by atoms with Gasteiger partial charge in [0, 0.05) is 4.90 Å². The Labute approximate surface area is 158 Å². The van der Waals surface area contributed by atoms with Crippen molar-refractivity contribution in [3.05, 3.63) is 30.3 Å². The van der Waals surface area contributed by atoms with E-state index in [1.165, 1.54) is 11.4 Å². The van der Waals surface area contributed by atoms with Gasteiger partial charge in [-0.1, -0.05) is 18.2 Å². The highest BCUT2D eigenvalue weighted by molar-refractivity contribution is 8.67. The summed E-state index contributed by atoms with van der Waals surface area (Å²) >= 11 is 7.12. The molecular weight excluding hydrogens is 383 g/mol. The van der Waals surface area contributed by atoms with Crippen LogP contribution < -0.4 is 0 Å². The van der Waals surface area contributed by atoms with Crippen molar-refractivity contribution in [2.24, 2.45) is 0 Å². The molecule has 2 rings (SSSR count). The van der Waals surface area contributed by atoms with E-state index >= 15 is 0 Å². The van der Waals surface area contributed by atoms with Crippen LogP contribution in [0.5, 0.6) is 0 Å². The molecule has 0 saturated carbocycles. The first-order valence-corrected chi connectivity index (χ1v) is 12.3. The Balaban J connectivity index is 1.85. The number of hydrogen-bond acceptors (Lipinski definition) is 8. The Morgan fingerprint density at radius 1 is 0.640 bits per heavy atom. The van der Waals surface area contributed by atoms with Crippen LogP contribution in [0.25, 0.3) is 0 Å². The van der Waals surface area contributed by atoms with E-state index in [0.717, 1.165) is 4.90 Å². The fourth-order valence-electron chi connectivity index (χ4n) is 1.88. The molecule has 1 aromatic carbocycles. The van der Waals surface area contributed by atoms with Crippen LogP contribution in [0.2, 0.25) is 0 Å². The molecule has 0 aromatic heterocycles. The summed E-state index contributed by atoms with van der Waals surface area (Å²) in [5, 5.41) is 0. The number of ether oxygens (including phenoxy) is 4. The first-order valence-electron chi connectivity index (χ1n) is 8.23. The predicted octanol–water partition coefficient (Wildman–Crippen LogP) is 3.12. The van der Waals surface area contributed by atoms with Gasteiger partial charge in [0.1, 0.15) is 0 Å². The van der Waals surface area contributed by atoms with Gasteiger partial charge in [0.05, 0.1) is 66.1 Å². The molecule has 142 valence electrons. The second-order valence-corrected chi connectivity index (χ2v) is 11.2. The van der Waals surface area contributed by atoms with Gasteiger partial charge < -0.3 is 28.0 Å². The molecule has 25 heavy (non-hydrogen) atoms. The Hall–Kier alpha value is -0.0200. The van der Waals surface area contributed by atoms with Gasteiger partial charge >= 0.3 is 0 Å². The standard InChI is InChI=1S/C16H25O6PS2/c24-23(25-16-4-2-1-3-5-16)21-14-12-19-10-8-17-6-7-18-9-11-20-13-15-22-23/h1-5H,6-15H2. The number of rotatable bonds is 2. The van der Waals surface area contributed by atoms with E-state index in [4.69, 9.17) is 39.8 Å². The molecular formula is C16H25O6PS2. The molecule has 0 N–H and O–H groups in total. The Morgan fingerprint density at radius 2 is 1.04 bits per heavy atom. The molecule has 0 spiro atoms. The fourth-order valence-corrected chi connectivity index (χ4v) is 6.32. The highest BCUT2D eigenvalue weighted by atomic mass is 32.9. The van der Waals surface area contributed by atoms with Crippen LogP contribution in [-0.4, -0.2) is 66.1 Å². The lowest BCUT2D eigenvalue weighted by Crippen LogP contribution is -2.12. The minimum absolute atomic E-state index is 0.390. The molecule has 6 nitrogen and oxygen atoms in total. The normalized spacial score (nSPS) is 22.1. The number of hydrogen-bond donors (Lipinski definition) is 0. The summed E-state index contributed by atoms with van der Waals surface area (Å²) in [6.45, 7) is 4.88. The highest BCUT2D eigenvalue weighted by Crippen LogP contribution is 2.63. The maximum Gasteiger partial charge on any atom is 0.252 e. The quantitative estimate of drug-likeness (QED) is 0.692. The van der Waals surface area contributed by atoms with E-state index < -0.39 is 5.69 Å².